The topological polar surface area (TPSA) is 69.2 Å². The van der Waals surface area contributed by atoms with E-state index in [9.17, 15) is 0 Å². The molecule has 0 aromatic rings. The molecular formula is Mo2O3PS+5. The number of rotatable bonds is 0. The summed E-state index contributed by atoms with van der Waals surface area (Å²) in [5, 5.41) is 0. The fourth-order valence-corrected chi connectivity index (χ4v) is 0. The van der Waals surface area contributed by atoms with Crippen LogP contribution in [0.1, 0.15) is 0 Å². The van der Waals surface area contributed by atoms with Crippen LogP contribution in [0.3, 0.4) is 0 Å². The molecule has 0 saturated heterocycles. The van der Waals surface area contributed by atoms with Gasteiger partial charge in [0.05, 0.1) is 0 Å². The average molecular weight is 303 g/mol. The molecule has 0 radical (unpaired) electrons. The number of hydrogen-bond acceptors (Lipinski definition) is 4. The molecule has 0 saturated carbocycles. The van der Waals surface area contributed by atoms with Gasteiger partial charge in [0.15, 0.2) is 0 Å². The number of hydrogen-bond donors (Lipinski definition) is 0. The molecule has 7 heteroatoms. The quantitative estimate of drug-likeness (QED) is 0.360. The van der Waals surface area contributed by atoms with E-state index in [4.69, 9.17) is 14.7 Å². The van der Waals surface area contributed by atoms with Crippen molar-refractivity contribution in [1.29, 1.82) is 0 Å². The predicted molar refractivity (Wildman–Crippen MR) is 14.3 cm³/mol. The Morgan fingerprint density at radius 1 is 1.00 bits per heavy atom. The molecule has 0 spiro atoms. The molecule has 0 aliphatic carbocycles. The van der Waals surface area contributed by atoms with Crippen molar-refractivity contribution < 1.29 is 56.8 Å². The summed E-state index contributed by atoms with van der Waals surface area (Å²) in [5.74, 6) is 0. The largest absolute Gasteiger partial charge is 4.00 e. The normalized spacial score (nSPS) is 8.43. The van der Waals surface area contributed by atoms with Gasteiger partial charge >= 0.3 is 42.1 Å². The Labute approximate surface area is 74.9 Å². The Kier molecular flexibility index (Phi) is 13.8. The molecule has 0 rings (SSSR count). The van der Waals surface area contributed by atoms with Crippen molar-refractivity contribution in [3.05, 3.63) is 0 Å². The van der Waals surface area contributed by atoms with Gasteiger partial charge in [-0.3, -0.25) is 0 Å². The van der Waals surface area contributed by atoms with Crippen LogP contribution in [0.15, 0.2) is 0 Å². The van der Waals surface area contributed by atoms with Gasteiger partial charge in [0.25, 0.3) is 0 Å². The summed E-state index contributed by atoms with van der Waals surface area (Å²) >= 11 is 3.27. The Morgan fingerprint density at radius 3 is 1.00 bits per heavy atom. The fourth-order valence-electron chi connectivity index (χ4n) is 0. The summed E-state index contributed by atoms with van der Waals surface area (Å²) in [6.45, 7) is -4.56. The van der Waals surface area contributed by atoms with Gasteiger partial charge in [-0.15, -0.1) is 0 Å². The molecule has 0 heterocycles. The maximum absolute atomic E-state index is 8.92. The fraction of sp³-hybridized carbons (Fsp3) is 0. The van der Waals surface area contributed by atoms with E-state index in [0.717, 1.165) is 0 Å². The molecule has 0 aliphatic heterocycles. The van der Waals surface area contributed by atoms with Gasteiger partial charge in [0.2, 0.25) is 0 Å². The smallest absolute Gasteiger partial charge is 0.844 e. The van der Waals surface area contributed by atoms with Crippen LogP contribution in [0.2, 0.25) is 0 Å². The van der Waals surface area contributed by atoms with Crippen LogP contribution in [0.25, 0.3) is 0 Å². The molecule has 0 aromatic heterocycles. The standard InChI is InChI=1S/2Mo.H3O3PS/c;;1-4(2,3)5/h;;(H3,1,2,3,5)/q2*+4;/p-3. The third kappa shape index (κ3) is 75.9. The molecule has 0 atom stereocenters. The molecule has 0 aromatic carbocycles. The van der Waals surface area contributed by atoms with E-state index < -0.39 is 6.72 Å². The Bertz CT molecular complexity index is 59.1. The van der Waals surface area contributed by atoms with Crippen molar-refractivity contribution >= 4 is 18.5 Å². The summed E-state index contributed by atoms with van der Waals surface area (Å²) in [5.41, 5.74) is 0. The van der Waals surface area contributed by atoms with Gasteiger partial charge < -0.3 is 21.4 Å². The molecule has 3 nitrogen and oxygen atoms in total. The summed E-state index contributed by atoms with van der Waals surface area (Å²) in [4.78, 5) is 26.8. The first-order valence-electron chi connectivity index (χ1n) is 0.730. The summed E-state index contributed by atoms with van der Waals surface area (Å²) in [7, 11) is 0. The van der Waals surface area contributed by atoms with E-state index in [1.165, 1.54) is 0 Å². The summed E-state index contributed by atoms with van der Waals surface area (Å²) < 4.78 is 0. The van der Waals surface area contributed by atoms with Crippen LogP contribution in [0.5, 0.6) is 0 Å². The second kappa shape index (κ2) is 6.03. The maximum Gasteiger partial charge on any atom is 4.00 e. The molecule has 0 N–H and O–H groups in total. The van der Waals surface area contributed by atoms with Crippen LogP contribution < -0.4 is 14.7 Å². The van der Waals surface area contributed by atoms with E-state index in [1.807, 2.05) is 0 Å². The minimum absolute atomic E-state index is 0. The zero-order chi connectivity index (χ0) is 4.50. The van der Waals surface area contributed by atoms with E-state index in [1.54, 1.807) is 0 Å². The van der Waals surface area contributed by atoms with Crippen molar-refractivity contribution in [3.8, 4) is 0 Å². The van der Waals surface area contributed by atoms with E-state index in [2.05, 4.69) is 11.8 Å². The van der Waals surface area contributed by atoms with E-state index >= 15 is 0 Å². The minimum atomic E-state index is -4.56. The molecule has 0 unspecified atom stereocenters. The third-order valence-corrected chi connectivity index (χ3v) is 0. The van der Waals surface area contributed by atoms with Crippen LogP contribution in [0.4, 0.5) is 0 Å². The third-order valence-electron chi connectivity index (χ3n) is 0. The molecule has 0 bridgehead atoms. The van der Waals surface area contributed by atoms with Crippen molar-refractivity contribution in [2.24, 2.45) is 0 Å². The maximum atomic E-state index is 8.92. The van der Waals surface area contributed by atoms with Crippen molar-refractivity contribution in [2.75, 3.05) is 0 Å². The monoisotopic (exact) mass is 307 g/mol. The van der Waals surface area contributed by atoms with Crippen molar-refractivity contribution in [1.82, 2.24) is 0 Å². The van der Waals surface area contributed by atoms with Gasteiger partial charge in [-0.1, -0.05) is 0 Å². The second-order valence-electron chi connectivity index (χ2n) is 0.447. The minimum Gasteiger partial charge on any atom is -0.844 e. The van der Waals surface area contributed by atoms with Gasteiger partial charge in [-0.2, -0.15) is 11.8 Å². The molecule has 0 amide bonds. The average Bonchev–Trinajstić information content (AvgIpc) is 0.722. The van der Waals surface area contributed by atoms with E-state index in [0.29, 0.717) is 0 Å². The summed E-state index contributed by atoms with van der Waals surface area (Å²) in [6.07, 6.45) is 0. The molecule has 36 valence electrons. The van der Waals surface area contributed by atoms with Crippen molar-refractivity contribution in [2.45, 2.75) is 0 Å². The van der Waals surface area contributed by atoms with Crippen LogP contribution >= 0.6 is 6.72 Å². The predicted octanol–water partition coefficient (Wildman–Crippen LogP) is -2.71. The molecule has 0 fully saturated rings. The Morgan fingerprint density at radius 2 is 1.00 bits per heavy atom. The first kappa shape index (κ1) is 16.0. The first-order valence-corrected chi connectivity index (χ1v) is 3.29. The first-order chi connectivity index (χ1) is 2.00. The Hall–Kier alpha value is 1.91. The van der Waals surface area contributed by atoms with Gasteiger partial charge in [-0.05, 0) is 0 Å². The second-order valence-corrected chi connectivity index (χ2v) is 2.68. The van der Waals surface area contributed by atoms with E-state index in [-0.39, 0.29) is 42.1 Å². The zero-order valence-corrected chi connectivity index (χ0v) is 8.62. The SMILES string of the molecule is [Mo+4].[Mo+4].[O-]P([O-])([O-])=S. The van der Waals surface area contributed by atoms with Gasteiger partial charge in [0, 0.05) is 0 Å². The van der Waals surface area contributed by atoms with Crippen LogP contribution in [0, 0.1) is 0 Å². The molecular weight excluding hydrogens is 303 g/mol. The Balaban J connectivity index is -0.0000000800. The zero-order valence-electron chi connectivity index (χ0n) is 2.90. The van der Waals surface area contributed by atoms with Crippen molar-refractivity contribution in [3.63, 3.8) is 0 Å². The molecule has 0 aliphatic rings. The van der Waals surface area contributed by atoms with Crippen LogP contribution in [-0.4, -0.2) is 0 Å². The van der Waals surface area contributed by atoms with Gasteiger partial charge in [0.1, 0.15) is 0 Å². The molecule has 7 heavy (non-hydrogen) atoms. The van der Waals surface area contributed by atoms with Crippen LogP contribution in [-0.2, 0) is 53.9 Å². The van der Waals surface area contributed by atoms with Gasteiger partial charge in [-0.25, -0.2) is 0 Å². The summed E-state index contributed by atoms with van der Waals surface area (Å²) in [6, 6.07) is 0.